The molecule has 0 aliphatic rings. The van der Waals surface area contributed by atoms with Gasteiger partial charge in [-0.3, -0.25) is 4.79 Å². The molecule has 0 spiro atoms. The summed E-state index contributed by atoms with van der Waals surface area (Å²) in [4.78, 5) is 14.9. The minimum atomic E-state index is -0.122. The molecule has 0 unspecified atom stereocenters. The van der Waals surface area contributed by atoms with Gasteiger partial charge in [0.1, 0.15) is 0 Å². The molecule has 0 atom stereocenters. The standard InChI is InChI=1S/C10H16N2O2S/c1-14-9(13)5-3-2-4-6-11-10-12-7-8-15-10/h7-8H,2-6H2,1H3,(H,11,12). The highest BCUT2D eigenvalue weighted by molar-refractivity contribution is 7.13. The van der Waals surface area contributed by atoms with Gasteiger partial charge >= 0.3 is 5.97 Å². The first-order valence-corrected chi connectivity index (χ1v) is 5.91. The molecule has 0 radical (unpaired) electrons. The van der Waals surface area contributed by atoms with Gasteiger partial charge in [0.05, 0.1) is 7.11 Å². The van der Waals surface area contributed by atoms with Crippen LogP contribution in [0, 0.1) is 0 Å². The van der Waals surface area contributed by atoms with Crippen molar-refractivity contribution in [2.75, 3.05) is 19.0 Å². The maximum Gasteiger partial charge on any atom is 0.305 e. The number of hydrogen-bond acceptors (Lipinski definition) is 5. The highest BCUT2D eigenvalue weighted by Gasteiger charge is 1.99. The van der Waals surface area contributed by atoms with Crippen LogP contribution in [0.5, 0.6) is 0 Å². The molecular formula is C10H16N2O2S. The smallest absolute Gasteiger partial charge is 0.305 e. The summed E-state index contributed by atoms with van der Waals surface area (Å²) in [6.07, 6.45) is 5.29. The van der Waals surface area contributed by atoms with Gasteiger partial charge in [-0.1, -0.05) is 6.42 Å². The number of rotatable bonds is 7. The van der Waals surface area contributed by atoms with E-state index in [1.807, 2.05) is 5.38 Å². The summed E-state index contributed by atoms with van der Waals surface area (Å²) < 4.78 is 4.55. The van der Waals surface area contributed by atoms with Crippen LogP contribution in [-0.2, 0) is 9.53 Å². The zero-order chi connectivity index (χ0) is 10.9. The molecule has 1 aromatic rings. The van der Waals surface area contributed by atoms with E-state index in [1.54, 1.807) is 17.5 Å². The summed E-state index contributed by atoms with van der Waals surface area (Å²) in [6.45, 7) is 0.911. The molecule has 0 aliphatic carbocycles. The molecule has 1 N–H and O–H groups in total. The van der Waals surface area contributed by atoms with Crippen molar-refractivity contribution in [3.05, 3.63) is 11.6 Å². The average Bonchev–Trinajstić information content (AvgIpc) is 2.75. The second-order valence-corrected chi connectivity index (χ2v) is 4.05. The van der Waals surface area contributed by atoms with Gasteiger partial charge in [-0.15, -0.1) is 11.3 Å². The van der Waals surface area contributed by atoms with Crippen molar-refractivity contribution in [3.63, 3.8) is 0 Å². The van der Waals surface area contributed by atoms with Gasteiger partial charge in [0.15, 0.2) is 5.13 Å². The fraction of sp³-hybridized carbons (Fsp3) is 0.600. The largest absolute Gasteiger partial charge is 0.469 e. The number of unbranched alkanes of at least 4 members (excludes halogenated alkanes) is 2. The third kappa shape index (κ3) is 5.37. The first kappa shape index (κ1) is 12.0. The third-order valence-corrected chi connectivity index (χ3v) is 2.72. The lowest BCUT2D eigenvalue weighted by atomic mass is 10.2. The first-order valence-electron chi connectivity index (χ1n) is 5.03. The monoisotopic (exact) mass is 228 g/mol. The summed E-state index contributed by atoms with van der Waals surface area (Å²) in [7, 11) is 1.42. The highest BCUT2D eigenvalue weighted by atomic mass is 32.1. The molecule has 4 nitrogen and oxygen atoms in total. The molecule has 0 saturated heterocycles. The number of carbonyl (C=O) groups excluding carboxylic acids is 1. The topological polar surface area (TPSA) is 51.2 Å². The lowest BCUT2D eigenvalue weighted by Gasteiger charge is -2.02. The fourth-order valence-corrected chi connectivity index (χ4v) is 1.74. The Balaban J connectivity index is 1.91. The second-order valence-electron chi connectivity index (χ2n) is 3.15. The van der Waals surface area contributed by atoms with Crippen molar-refractivity contribution in [3.8, 4) is 0 Å². The number of aromatic nitrogens is 1. The van der Waals surface area contributed by atoms with Gasteiger partial charge in [0, 0.05) is 24.5 Å². The van der Waals surface area contributed by atoms with E-state index in [0.29, 0.717) is 6.42 Å². The predicted octanol–water partition coefficient (Wildman–Crippen LogP) is 2.29. The number of esters is 1. The molecule has 15 heavy (non-hydrogen) atoms. The summed E-state index contributed by atoms with van der Waals surface area (Å²) >= 11 is 1.60. The lowest BCUT2D eigenvalue weighted by molar-refractivity contribution is -0.140. The van der Waals surface area contributed by atoms with E-state index in [0.717, 1.165) is 30.9 Å². The Hall–Kier alpha value is -1.10. The zero-order valence-electron chi connectivity index (χ0n) is 8.86. The lowest BCUT2D eigenvalue weighted by Crippen LogP contribution is -2.02. The molecule has 1 heterocycles. The van der Waals surface area contributed by atoms with E-state index in [9.17, 15) is 4.79 Å². The van der Waals surface area contributed by atoms with Crippen molar-refractivity contribution < 1.29 is 9.53 Å². The van der Waals surface area contributed by atoms with Crippen molar-refractivity contribution in [1.82, 2.24) is 4.98 Å². The molecule has 0 aromatic carbocycles. The minimum Gasteiger partial charge on any atom is -0.469 e. The van der Waals surface area contributed by atoms with Gasteiger partial charge in [-0.2, -0.15) is 0 Å². The quantitative estimate of drug-likeness (QED) is 0.574. The summed E-state index contributed by atoms with van der Waals surface area (Å²) in [5, 5.41) is 6.12. The molecule has 0 saturated carbocycles. The van der Waals surface area contributed by atoms with Crippen LogP contribution in [0.25, 0.3) is 0 Å². The number of methoxy groups -OCH3 is 1. The van der Waals surface area contributed by atoms with Crippen molar-refractivity contribution >= 4 is 22.4 Å². The van der Waals surface area contributed by atoms with Gasteiger partial charge in [0.2, 0.25) is 0 Å². The Kier molecular flexibility index (Phi) is 5.77. The highest BCUT2D eigenvalue weighted by Crippen LogP contribution is 2.10. The van der Waals surface area contributed by atoms with E-state index in [-0.39, 0.29) is 5.97 Å². The number of nitrogens with zero attached hydrogens (tertiary/aromatic N) is 1. The van der Waals surface area contributed by atoms with E-state index < -0.39 is 0 Å². The van der Waals surface area contributed by atoms with Crippen LogP contribution >= 0.6 is 11.3 Å². The maximum atomic E-state index is 10.8. The van der Waals surface area contributed by atoms with Crippen LogP contribution in [0.3, 0.4) is 0 Å². The minimum absolute atomic E-state index is 0.122. The SMILES string of the molecule is COC(=O)CCCCCNc1nccs1. The van der Waals surface area contributed by atoms with Crippen molar-refractivity contribution in [2.24, 2.45) is 0 Å². The van der Waals surface area contributed by atoms with Gasteiger partial charge in [0.25, 0.3) is 0 Å². The van der Waals surface area contributed by atoms with Crippen LogP contribution in [-0.4, -0.2) is 24.6 Å². The van der Waals surface area contributed by atoms with Crippen molar-refractivity contribution in [2.45, 2.75) is 25.7 Å². The van der Waals surface area contributed by atoms with Gasteiger partial charge in [-0.05, 0) is 12.8 Å². The molecule has 84 valence electrons. The van der Waals surface area contributed by atoms with E-state index in [4.69, 9.17) is 0 Å². The Morgan fingerprint density at radius 2 is 2.40 bits per heavy atom. The van der Waals surface area contributed by atoms with E-state index >= 15 is 0 Å². The van der Waals surface area contributed by atoms with Gasteiger partial charge < -0.3 is 10.1 Å². The number of hydrogen-bond donors (Lipinski definition) is 1. The normalized spacial score (nSPS) is 9.93. The molecule has 1 aromatic heterocycles. The van der Waals surface area contributed by atoms with Crippen LogP contribution in [0.4, 0.5) is 5.13 Å². The number of carbonyl (C=O) groups is 1. The Morgan fingerprint density at radius 3 is 3.07 bits per heavy atom. The van der Waals surface area contributed by atoms with Crippen LogP contribution < -0.4 is 5.32 Å². The van der Waals surface area contributed by atoms with E-state index in [2.05, 4.69) is 15.0 Å². The first-order chi connectivity index (χ1) is 7.33. The predicted molar refractivity (Wildman–Crippen MR) is 61.1 cm³/mol. The van der Waals surface area contributed by atoms with Gasteiger partial charge in [-0.25, -0.2) is 4.98 Å². The molecule has 5 heteroatoms. The summed E-state index contributed by atoms with van der Waals surface area (Å²) in [5.74, 6) is -0.122. The van der Waals surface area contributed by atoms with Crippen molar-refractivity contribution in [1.29, 1.82) is 0 Å². The number of thiazole rings is 1. The van der Waals surface area contributed by atoms with Crippen LogP contribution in [0.15, 0.2) is 11.6 Å². The van der Waals surface area contributed by atoms with E-state index in [1.165, 1.54) is 7.11 Å². The molecule has 1 rings (SSSR count). The molecule has 0 bridgehead atoms. The summed E-state index contributed by atoms with van der Waals surface area (Å²) in [6, 6.07) is 0. The molecule has 0 fully saturated rings. The van der Waals surface area contributed by atoms with Crippen LogP contribution in [0.1, 0.15) is 25.7 Å². The fourth-order valence-electron chi connectivity index (χ4n) is 1.18. The Labute approximate surface area is 93.7 Å². The Bertz CT molecular complexity index is 275. The average molecular weight is 228 g/mol. The Morgan fingerprint density at radius 1 is 1.53 bits per heavy atom. The number of nitrogens with one attached hydrogen (secondary N) is 1. The zero-order valence-corrected chi connectivity index (χ0v) is 9.68. The van der Waals surface area contributed by atoms with Crippen LogP contribution in [0.2, 0.25) is 0 Å². The third-order valence-electron chi connectivity index (χ3n) is 1.99. The number of anilines is 1. The maximum absolute atomic E-state index is 10.8. The number of ether oxygens (including phenoxy) is 1. The molecular weight excluding hydrogens is 212 g/mol. The second kappa shape index (κ2) is 7.23. The summed E-state index contributed by atoms with van der Waals surface area (Å²) in [5.41, 5.74) is 0. The molecule has 0 aliphatic heterocycles. The molecule has 0 amide bonds.